The fourth-order valence-corrected chi connectivity index (χ4v) is 4.77. The Bertz CT molecular complexity index is 859. The van der Waals surface area contributed by atoms with Crippen molar-refractivity contribution in [1.29, 1.82) is 0 Å². The average molecular weight is 397 g/mol. The molecule has 2 fully saturated rings. The molecule has 4 rings (SSSR count). The minimum Gasteiger partial charge on any atom is -0.339 e. The molecule has 2 aliphatic rings. The van der Waals surface area contributed by atoms with Crippen LogP contribution in [0.3, 0.4) is 0 Å². The SMILES string of the molecule is O=Cc1ccc(-c2ccc(CC3CCN(C4CCCCC4)C3=O)c(Cl)c2)cn1. The van der Waals surface area contributed by atoms with Crippen molar-refractivity contribution in [2.45, 2.75) is 51.0 Å². The van der Waals surface area contributed by atoms with Crippen molar-refractivity contribution in [3.8, 4) is 11.1 Å². The molecule has 4 nitrogen and oxygen atoms in total. The van der Waals surface area contributed by atoms with Gasteiger partial charge in [-0.2, -0.15) is 0 Å². The van der Waals surface area contributed by atoms with Gasteiger partial charge in [-0.3, -0.25) is 14.6 Å². The maximum Gasteiger partial charge on any atom is 0.226 e. The molecule has 146 valence electrons. The third-order valence-corrected chi connectivity index (χ3v) is 6.48. The molecular formula is C23H25ClN2O2. The van der Waals surface area contributed by atoms with Gasteiger partial charge in [0.2, 0.25) is 5.91 Å². The number of halogens is 1. The first kappa shape index (κ1) is 19.1. The summed E-state index contributed by atoms with van der Waals surface area (Å²) in [5.41, 5.74) is 3.31. The lowest BCUT2D eigenvalue weighted by Crippen LogP contribution is -2.39. The summed E-state index contributed by atoms with van der Waals surface area (Å²) >= 11 is 6.55. The van der Waals surface area contributed by atoms with Crippen LogP contribution in [-0.4, -0.2) is 34.7 Å². The fourth-order valence-electron chi connectivity index (χ4n) is 4.51. The van der Waals surface area contributed by atoms with Crippen LogP contribution in [0.1, 0.15) is 54.6 Å². The van der Waals surface area contributed by atoms with E-state index in [1.165, 1.54) is 19.3 Å². The van der Waals surface area contributed by atoms with Crippen LogP contribution in [0.5, 0.6) is 0 Å². The van der Waals surface area contributed by atoms with Crippen LogP contribution in [0, 0.1) is 5.92 Å². The van der Waals surface area contributed by atoms with Gasteiger partial charge in [0.05, 0.1) is 0 Å². The molecule has 1 atom stereocenters. The van der Waals surface area contributed by atoms with Gasteiger partial charge in [-0.15, -0.1) is 0 Å². The quantitative estimate of drug-likeness (QED) is 0.672. The van der Waals surface area contributed by atoms with E-state index >= 15 is 0 Å². The molecule has 1 saturated heterocycles. The molecule has 0 radical (unpaired) electrons. The molecule has 0 bridgehead atoms. The number of carbonyl (C=O) groups is 2. The number of likely N-dealkylation sites (tertiary alicyclic amines) is 1. The number of hydrogen-bond acceptors (Lipinski definition) is 3. The first-order valence-electron chi connectivity index (χ1n) is 10.2. The first-order valence-corrected chi connectivity index (χ1v) is 10.5. The molecule has 28 heavy (non-hydrogen) atoms. The number of aldehydes is 1. The second kappa shape index (κ2) is 8.44. The van der Waals surface area contributed by atoms with Crippen molar-refractivity contribution in [1.82, 2.24) is 9.88 Å². The van der Waals surface area contributed by atoms with Gasteiger partial charge in [-0.25, -0.2) is 0 Å². The van der Waals surface area contributed by atoms with Gasteiger partial charge in [0.15, 0.2) is 6.29 Å². The monoisotopic (exact) mass is 396 g/mol. The fraction of sp³-hybridized carbons (Fsp3) is 0.435. The topological polar surface area (TPSA) is 50.3 Å². The lowest BCUT2D eigenvalue weighted by molar-refractivity contribution is -0.133. The van der Waals surface area contributed by atoms with Crippen LogP contribution >= 0.6 is 11.6 Å². The van der Waals surface area contributed by atoms with Gasteiger partial charge in [0.25, 0.3) is 0 Å². The van der Waals surface area contributed by atoms with E-state index in [0.717, 1.165) is 48.8 Å². The molecule has 0 N–H and O–H groups in total. The second-order valence-corrected chi connectivity index (χ2v) is 8.32. The Labute approximate surface area is 170 Å². The minimum absolute atomic E-state index is 0.0406. The van der Waals surface area contributed by atoms with Crippen LogP contribution in [0.2, 0.25) is 5.02 Å². The van der Waals surface area contributed by atoms with Gasteiger partial charge < -0.3 is 4.90 Å². The number of hydrogen-bond donors (Lipinski definition) is 0. The summed E-state index contributed by atoms with van der Waals surface area (Å²) in [6.45, 7) is 0.888. The van der Waals surface area contributed by atoms with Crippen molar-refractivity contribution in [2.24, 2.45) is 5.92 Å². The number of aromatic nitrogens is 1. The standard InChI is InChI=1S/C23H25ClN2O2/c24-22-13-16(19-8-9-20(15-27)25-14-19)6-7-17(22)12-18-10-11-26(23(18)28)21-4-2-1-3-5-21/h6-9,13-15,18,21H,1-5,10-12H2. The summed E-state index contributed by atoms with van der Waals surface area (Å²) in [5, 5.41) is 0.681. The minimum atomic E-state index is 0.0406. The first-order chi connectivity index (χ1) is 13.7. The van der Waals surface area contributed by atoms with Crippen LogP contribution in [0.4, 0.5) is 0 Å². The van der Waals surface area contributed by atoms with Gasteiger partial charge in [0, 0.05) is 35.3 Å². The molecule has 2 heterocycles. The highest BCUT2D eigenvalue weighted by Crippen LogP contribution is 2.33. The second-order valence-electron chi connectivity index (χ2n) is 7.91. The van der Waals surface area contributed by atoms with Crippen LogP contribution in [0.15, 0.2) is 36.5 Å². The highest BCUT2D eigenvalue weighted by molar-refractivity contribution is 6.31. The average Bonchev–Trinajstić information content (AvgIpc) is 3.10. The summed E-state index contributed by atoms with van der Waals surface area (Å²) in [6.07, 6.45) is 10.1. The smallest absolute Gasteiger partial charge is 0.226 e. The highest BCUT2D eigenvalue weighted by atomic mass is 35.5. The van der Waals surface area contributed by atoms with Crippen molar-refractivity contribution in [3.05, 3.63) is 52.8 Å². The molecule has 1 amide bonds. The van der Waals surface area contributed by atoms with Gasteiger partial charge in [-0.05, 0) is 48.9 Å². The summed E-state index contributed by atoms with van der Waals surface area (Å²) in [5.74, 6) is 0.347. The molecule has 2 aromatic rings. The Hall–Kier alpha value is -2.20. The highest BCUT2D eigenvalue weighted by Gasteiger charge is 2.36. The van der Waals surface area contributed by atoms with E-state index in [2.05, 4.69) is 9.88 Å². The predicted molar refractivity (Wildman–Crippen MR) is 110 cm³/mol. The maximum absolute atomic E-state index is 12.9. The Morgan fingerprint density at radius 2 is 1.86 bits per heavy atom. The molecule has 1 unspecified atom stereocenters. The van der Waals surface area contributed by atoms with E-state index in [4.69, 9.17) is 11.6 Å². The number of pyridine rings is 1. The zero-order chi connectivity index (χ0) is 19.5. The third-order valence-electron chi connectivity index (χ3n) is 6.13. The number of amides is 1. The molecule has 1 aliphatic heterocycles. The Balaban J connectivity index is 1.45. The Kier molecular flexibility index (Phi) is 5.77. The molecule has 1 aromatic heterocycles. The van der Waals surface area contributed by atoms with Gasteiger partial charge in [-0.1, -0.05) is 49.1 Å². The number of carbonyl (C=O) groups excluding carboxylic acids is 2. The van der Waals surface area contributed by atoms with E-state index < -0.39 is 0 Å². The lowest BCUT2D eigenvalue weighted by atomic mass is 9.93. The molecule has 1 saturated carbocycles. The zero-order valence-corrected chi connectivity index (χ0v) is 16.7. The van der Waals surface area contributed by atoms with E-state index in [1.807, 2.05) is 24.3 Å². The summed E-state index contributed by atoms with van der Waals surface area (Å²) in [6, 6.07) is 9.96. The van der Waals surface area contributed by atoms with E-state index in [0.29, 0.717) is 29.1 Å². The molecular weight excluding hydrogens is 372 g/mol. The molecule has 5 heteroatoms. The third kappa shape index (κ3) is 3.97. The maximum atomic E-state index is 12.9. The number of rotatable bonds is 5. The van der Waals surface area contributed by atoms with Crippen LogP contribution < -0.4 is 0 Å². The Morgan fingerprint density at radius 1 is 1.07 bits per heavy atom. The predicted octanol–water partition coefficient (Wildman–Crippen LogP) is 4.94. The summed E-state index contributed by atoms with van der Waals surface area (Å²) in [7, 11) is 0. The summed E-state index contributed by atoms with van der Waals surface area (Å²) in [4.78, 5) is 29.9. The van der Waals surface area contributed by atoms with E-state index in [-0.39, 0.29) is 5.92 Å². The molecule has 1 aromatic carbocycles. The summed E-state index contributed by atoms with van der Waals surface area (Å²) < 4.78 is 0. The zero-order valence-electron chi connectivity index (χ0n) is 15.9. The van der Waals surface area contributed by atoms with Gasteiger partial charge in [0.1, 0.15) is 5.69 Å². The van der Waals surface area contributed by atoms with Crippen molar-refractivity contribution >= 4 is 23.8 Å². The molecule has 1 aliphatic carbocycles. The lowest BCUT2D eigenvalue weighted by Gasteiger charge is -2.31. The van der Waals surface area contributed by atoms with Crippen molar-refractivity contribution in [2.75, 3.05) is 6.54 Å². The van der Waals surface area contributed by atoms with Crippen LogP contribution in [-0.2, 0) is 11.2 Å². The number of nitrogens with zero attached hydrogens (tertiary/aromatic N) is 2. The van der Waals surface area contributed by atoms with Crippen molar-refractivity contribution < 1.29 is 9.59 Å². The molecule has 0 spiro atoms. The van der Waals surface area contributed by atoms with Crippen LogP contribution in [0.25, 0.3) is 11.1 Å². The normalized spacial score (nSPS) is 20.5. The van der Waals surface area contributed by atoms with Gasteiger partial charge >= 0.3 is 0 Å². The van der Waals surface area contributed by atoms with E-state index in [9.17, 15) is 9.59 Å². The Morgan fingerprint density at radius 3 is 2.54 bits per heavy atom. The number of benzene rings is 1. The van der Waals surface area contributed by atoms with Crippen molar-refractivity contribution in [3.63, 3.8) is 0 Å². The largest absolute Gasteiger partial charge is 0.339 e. The van der Waals surface area contributed by atoms with E-state index in [1.54, 1.807) is 12.3 Å².